The Morgan fingerprint density at radius 1 is 0.923 bits per heavy atom. The molecular formula is C19H38O4S3. The van der Waals surface area contributed by atoms with E-state index < -0.39 is 10.1 Å². The van der Waals surface area contributed by atoms with Gasteiger partial charge < -0.3 is 4.55 Å². The van der Waals surface area contributed by atoms with E-state index in [9.17, 15) is 17.8 Å². The normalized spacial score (nSPS) is 15.3. The van der Waals surface area contributed by atoms with Gasteiger partial charge in [0.05, 0.1) is 10.1 Å². The molecule has 0 radical (unpaired) electrons. The topological polar surface area (TPSA) is 74.3 Å². The number of carbonyl (C=O) groups is 1. The van der Waals surface area contributed by atoms with Crippen LogP contribution in [-0.2, 0) is 25.8 Å². The second kappa shape index (κ2) is 17.4. The minimum atomic E-state index is -3.97. The number of ketones is 1. The lowest BCUT2D eigenvalue weighted by Gasteiger charge is -2.12. The Kier molecular flexibility index (Phi) is 17.6. The Bertz CT molecular complexity index is 432. The lowest BCUT2D eigenvalue weighted by Crippen LogP contribution is -2.27. The van der Waals surface area contributed by atoms with Crippen LogP contribution in [0.2, 0.25) is 0 Å². The molecule has 0 aromatic carbocycles. The molecule has 0 aromatic heterocycles. The Morgan fingerprint density at radius 3 is 2.04 bits per heavy atom. The standard InChI is InChI=1S/C11H21OS2.C8H18O3S/c1-2-3-4-5-11(12)10-14-8-6-13-7-9-14;1-2-3-4-5-6-7-8-12(9,10)11/h2-10H2,1H3;2-8H2,1H3,(H,9,10,11)/q+1;/p-1. The van der Waals surface area contributed by atoms with Gasteiger partial charge in [0.25, 0.3) is 0 Å². The van der Waals surface area contributed by atoms with Crippen molar-refractivity contribution in [1.29, 1.82) is 0 Å². The molecule has 1 fully saturated rings. The summed E-state index contributed by atoms with van der Waals surface area (Å²) in [7, 11) is -3.52. The summed E-state index contributed by atoms with van der Waals surface area (Å²) in [4.78, 5) is 11.6. The Hall–Kier alpha value is 0.280. The first kappa shape index (κ1) is 26.3. The van der Waals surface area contributed by atoms with Crippen LogP contribution < -0.4 is 0 Å². The highest BCUT2D eigenvalue weighted by Crippen LogP contribution is 2.14. The van der Waals surface area contributed by atoms with E-state index in [1.165, 1.54) is 48.7 Å². The highest BCUT2D eigenvalue weighted by Gasteiger charge is 2.24. The van der Waals surface area contributed by atoms with E-state index in [1.54, 1.807) is 0 Å². The maximum absolute atomic E-state index is 11.6. The van der Waals surface area contributed by atoms with Crippen LogP contribution in [0, 0.1) is 0 Å². The van der Waals surface area contributed by atoms with E-state index in [2.05, 4.69) is 13.8 Å². The largest absolute Gasteiger partial charge is 0.748 e. The van der Waals surface area contributed by atoms with Crippen LogP contribution in [0.4, 0.5) is 0 Å². The first-order valence-electron chi connectivity index (χ1n) is 10.1. The fraction of sp³-hybridized carbons (Fsp3) is 0.947. The summed E-state index contributed by atoms with van der Waals surface area (Å²) < 4.78 is 30.5. The smallest absolute Gasteiger partial charge is 0.181 e. The summed E-state index contributed by atoms with van der Waals surface area (Å²) in [5, 5.41) is 0. The molecule has 0 aromatic rings. The number of carbonyl (C=O) groups excluding carboxylic acids is 1. The van der Waals surface area contributed by atoms with E-state index >= 15 is 0 Å². The number of unbranched alkanes of at least 4 members (excludes halogenated alkanes) is 7. The van der Waals surface area contributed by atoms with E-state index in [0.717, 1.165) is 37.9 Å². The number of Topliss-reactive ketones (excluding diaryl/α,β-unsaturated/α-hetero) is 1. The second-order valence-electron chi connectivity index (χ2n) is 6.80. The van der Waals surface area contributed by atoms with Gasteiger partial charge in [-0.3, -0.25) is 4.79 Å². The van der Waals surface area contributed by atoms with E-state index in [1.807, 2.05) is 11.8 Å². The van der Waals surface area contributed by atoms with Gasteiger partial charge in [0, 0.05) is 23.7 Å². The van der Waals surface area contributed by atoms with E-state index in [4.69, 9.17) is 0 Å². The summed E-state index contributed by atoms with van der Waals surface area (Å²) in [6, 6.07) is 0. The van der Waals surface area contributed by atoms with Crippen molar-refractivity contribution in [1.82, 2.24) is 0 Å². The quantitative estimate of drug-likeness (QED) is 0.248. The average Bonchev–Trinajstić information content (AvgIpc) is 2.59. The van der Waals surface area contributed by atoms with Gasteiger partial charge in [-0.1, -0.05) is 58.8 Å². The molecule has 156 valence electrons. The molecule has 0 bridgehead atoms. The van der Waals surface area contributed by atoms with E-state index in [-0.39, 0.29) is 5.75 Å². The maximum Gasteiger partial charge on any atom is 0.181 e. The monoisotopic (exact) mass is 426 g/mol. The van der Waals surface area contributed by atoms with Gasteiger partial charge in [-0.15, -0.1) is 0 Å². The van der Waals surface area contributed by atoms with Crippen molar-refractivity contribution in [3.63, 3.8) is 0 Å². The zero-order valence-electron chi connectivity index (χ0n) is 16.7. The van der Waals surface area contributed by atoms with Crippen LogP contribution >= 0.6 is 11.8 Å². The molecule has 0 atom stereocenters. The van der Waals surface area contributed by atoms with Crippen molar-refractivity contribution in [2.75, 3.05) is 34.5 Å². The molecule has 0 amide bonds. The summed E-state index contributed by atoms with van der Waals surface area (Å²) in [6.45, 7) is 4.31. The molecule has 0 saturated carbocycles. The SMILES string of the molecule is CCCCCC(=O)C[S+]1CCSCC1.CCCCCCCCS(=O)(=O)[O-]. The summed E-state index contributed by atoms with van der Waals surface area (Å²) in [5.74, 6) is 6.38. The zero-order chi connectivity index (χ0) is 19.7. The molecule has 1 aliphatic rings. The van der Waals surface area contributed by atoms with Crippen molar-refractivity contribution < 1.29 is 17.8 Å². The van der Waals surface area contributed by atoms with Gasteiger partial charge in [0.1, 0.15) is 11.5 Å². The molecule has 1 rings (SSSR count). The van der Waals surface area contributed by atoms with Crippen molar-refractivity contribution >= 4 is 38.6 Å². The van der Waals surface area contributed by atoms with Gasteiger partial charge in [-0.25, -0.2) is 8.42 Å². The predicted molar refractivity (Wildman–Crippen MR) is 116 cm³/mol. The molecule has 4 nitrogen and oxygen atoms in total. The fourth-order valence-corrected chi connectivity index (χ4v) is 7.32. The molecule has 1 aliphatic heterocycles. The van der Waals surface area contributed by atoms with Gasteiger partial charge in [0.15, 0.2) is 11.5 Å². The van der Waals surface area contributed by atoms with E-state index in [0.29, 0.717) is 23.1 Å². The highest BCUT2D eigenvalue weighted by atomic mass is 32.2. The third-order valence-corrected chi connectivity index (χ3v) is 8.79. The van der Waals surface area contributed by atoms with Gasteiger partial charge >= 0.3 is 0 Å². The molecule has 7 heteroatoms. The number of hydrogen-bond acceptors (Lipinski definition) is 5. The number of thioether (sulfide) groups is 1. The minimum absolute atomic E-state index is 0.195. The molecule has 0 aliphatic carbocycles. The van der Waals surface area contributed by atoms with Crippen LogP contribution in [0.15, 0.2) is 0 Å². The Balaban J connectivity index is 0.000000488. The number of hydrogen-bond donors (Lipinski definition) is 0. The third-order valence-electron chi connectivity index (χ3n) is 4.20. The number of rotatable bonds is 13. The Labute approximate surface area is 168 Å². The van der Waals surface area contributed by atoms with Crippen LogP contribution in [0.5, 0.6) is 0 Å². The van der Waals surface area contributed by atoms with Gasteiger partial charge in [-0.2, -0.15) is 11.8 Å². The van der Waals surface area contributed by atoms with Crippen LogP contribution in [-0.4, -0.2) is 53.3 Å². The highest BCUT2D eigenvalue weighted by molar-refractivity contribution is 8.05. The predicted octanol–water partition coefficient (Wildman–Crippen LogP) is 4.39. The van der Waals surface area contributed by atoms with Crippen LogP contribution in [0.3, 0.4) is 0 Å². The molecule has 0 spiro atoms. The summed E-state index contributed by atoms with van der Waals surface area (Å²) >= 11 is 2.04. The summed E-state index contributed by atoms with van der Waals surface area (Å²) in [6.07, 6.45) is 10.3. The Morgan fingerprint density at radius 2 is 1.46 bits per heavy atom. The van der Waals surface area contributed by atoms with Gasteiger partial charge in [-0.05, 0) is 23.7 Å². The summed E-state index contributed by atoms with van der Waals surface area (Å²) in [5.41, 5.74) is 0. The van der Waals surface area contributed by atoms with Crippen LogP contribution in [0.25, 0.3) is 0 Å². The molecule has 1 heterocycles. The third kappa shape index (κ3) is 19.1. The molecule has 26 heavy (non-hydrogen) atoms. The average molecular weight is 427 g/mol. The molecule has 1 saturated heterocycles. The van der Waals surface area contributed by atoms with Crippen molar-refractivity contribution in [2.24, 2.45) is 0 Å². The van der Waals surface area contributed by atoms with Crippen molar-refractivity contribution in [3.05, 3.63) is 0 Å². The zero-order valence-corrected chi connectivity index (χ0v) is 19.1. The lowest BCUT2D eigenvalue weighted by molar-refractivity contribution is -0.116. The molecule has 0 N–H and O–H groups in total. The van der Waals surface area contributed by atoms with Crippen molar-refractivity contribution in [2.45, 2.75) is 78.1 Å². The molecule has 0 unspecified atom stereocenters. The van der Waals surface area contributed by atoms with Crippen molar-refractivity contribution in [3.8, 4) is 0 Å². The molecular weight excluding hydrogens is 388 g/mol. The second-order valence-corrected chi connectivity index (χ2v) is 11.9. The first-order valence-corrected chi connectivity index (χ1v) is 14.5. The minimum Gasteiger partial charge on any atom is -0.748 e. The van der Waals surface area contributed by atoms with Crippen LogP contribution in [0.1, 0.15) is 78.1 Å². The fourth-order valence-electron chi connectivity index (χ4n) is 2.63. The first-order chi connectivity index (χ1) is 12.4. The van der Waals surface area contributed by atoms with Gasteiger partial charge in [0.2, 0.25) is 0 Å². The maximum atomic E-state index is 11.6. The lowest BCUT2D eigenvalue weighted by atomic mass is 10.1.